The third-order valence-corrected chi connectivity index (χ3v) is 3.70. The van der Waals surface area contributed by atoms with Gasteiger partial charge >= 0.3 is 0 Å². The maximum Gasteiger partial charge on any atom is 0.0430 e. The van der Waals surface area contributed by atoms with Crippen LogP contribution in [0.2, 0.25) is 0 Å². The van der Waals surface area contributed by atoms with Crippen LogP contribution in [0.4, 0.5) is 0 Å². The zero-order valence-electron chi connectivity index (χ0n) is 13.0. The predicted molar refractivity (Wildman–Crippen MR) is 90.8 cm³/mol. The van der Waals surface area contributed by atoms with Crippen molar-refractivity contribution in [3.8, 4) is 0 Å². The van der Waals surface area contributed by atoms with Crippen molar-refractivity contribution in [3.05, 3.63) is 84.1 Å². The van der Waals surface area contributed by atoms with E-state index in [0.717, 1.165) is 19.5 Å². The van der Waals surface area contributed by atoms with Crippen LogP contribution in [-0.4, -0.2) is 4.90 Å². The first-order chi connectivity index (χ1) is 10.3. The van der Waals surface area contributed by atoms with Gasteiger partial charge in [-0.25, -0.2) is 0 Å². The second-order valence-electron chi connectivity index (χ2n) is 5.50. The molecule has 0 atom stereocenters. The molecule has 110 valence electrons. The molecule has 0 aromatic heterocycles. The molecule has 1 heteroatoms. The normalized spacial score (nSPS) is 10.3. The highest BCUT2D eigenvalue weighted by Gasteiger charge is 2.09. The van der Waals surface area contributed by atoms with E-state index in [1.165, 1.54) is 29.7 Å². The maximum absolute atomic E-state index is 4.31. The Kier molecular flexibility index (Phi) is 6.08. The number of hydrogen-bond acceptors (Lipinski definition) is 1. The maximum atomic E-state index is 4.31. The average molecular weight is 279 g/mol. The Balaban J connectivity index is 2.08. The summed E-state index contributed by atoms with van der Waals surface area (Å²) in [6, 6.07) is 21.3. The fraction of sp³-hybridized carbons (Fsp3) is 0.300. The molecule has 0 amide bonds. The largest absolute Gasteiger partial charge is 0.367 e. The Morgan fingerprint density at radius 1 is 0.857 bits per heavy atom. The summed E-state index contributed by atoms with van der Waals surface area (Å²) in [5.41, 5.74) is 3.92. The highest BCUT2D eigenvalue weighted by Crippen LogP contribution is 2.18. The molecular formula is C20H25N. The minimum atomic E-state index is 0.929. The summed E-state index contributed by atoms with van der Waals surface area (Å²) in [6.07, 6.45) is 3.50. The lowest BCUT2D eigenvalue weighted by Crippen LogP contribution is -2.21. The second kappa shape index (κ2) is 8.31. The molecule has 0 radical (unpaired) electrons. The van der Waals surface area contributed by atoms with Gasteiger partial charge in [0, 0.05) is 18.8 Å². The average Bonchev–Trinajstić information content (AvgIpc) is 2.54. The molecule has 0 spiro atoms. The Morgan fingerprint density at radius 3 is 1.76 bits per heavy atom. The van der Waals surface area contributed by atoms with Gasteiger partial charge in [0.25, 0.3) is 0 Å². The first-order valence-corrected chi connectivity index (χ1v) is 7.80. The van der Waals surface area contributed by atoms with Gasteiger partial charge < -0.3 is 4.90 Å². The summed E-state index contributed by atoms with van der Waals surface area (Å²) in [4.78, 5) is 2.40. The van der Waals surface area contributed by atoms with Gasteiger partial charge in [0.05, 0.1) is 0 Å². The fourth-order valence-corrected chi connectivity index (χ4v) is 2.43. The van der Waals surface area contributed by atoms with Gasteiger partial charge in [-0.2, -0.15) is 0 Å². The van der Waals surface area contributed by atoms with Crippen molar-refractivity contribution in [2.45, 2.75) is 39.3 Å². The molecule has 0 aliphatic carbocycles. The SMILES string of the molecule is C=C(CCCC)N(Cc1ccccc1)Cc1ccccc1. The lowest BCUT2D eigenvalue weighted by Gasteiger charge is -2.27. The van der Waals surface area contributed by atoms with Gasteiger partial charge in [-0.1, -0.05) is 80.6 Å². The zero-order valence-corrected chi connectivity index (χ0v) is 13.0. The molecule has 0 aliphatic heterocycles. The number of nitrogens with zero attached hydrogens (tertiary/aromatic N) is 1. The summed E-state index contributed by atoms with van der Waals surface area (Å²) >= 11 is 0. The molecule has 0 fully saturated rings. The van der Waals surface area contributed by atoms with E-state index in [9.17, 15) is 0 Å². The number of hydrogen-bond donors (Lipinski definition) is 0. The van der Waals surface area contributed by atoms with Crippen LogP contribution in [0.25, 0.3) is 0 Å². The Morgan fingerprint density at radius 2 is 1.33 bits per heavy atom. The topological polar surface area (TPSA) is 3.24 Å². The predicted octanol–water partition coefficient (Wildman–Crippen LogP) is 5.39. The summed E-state index contributed by atoms with van der Waals surface area (Å²) < 4.78 is 0. The van der Waals surface area contributed by atoms with Crippen molar-refractivity contribution in [1.82, 2.24) is 4.90 Å². The molecule has 0 saturated carbocycles. The lowest BCUT2D eigenvalue weighted by molar-refractivity contribution is 0.316. The van der Waals surface area contributed by atoms with Crippen molar-refractivity contribution in [2.24, 2.45) is 0 Å². The van der Waals surface area contributed by atoms with Gasteiger partial charge in [-0.15, -0.1) is 0 Å². The second-order valence-corrected chi connectivity index (χ2v) is 5.50. The minimum absolute atomic E-state index is 0.929. The van der Waals surface area contributed by atoms with E-state index in [4.69, 9.17) is 0 Å². The Bertz CT molecular complexity index is 489. The highest BCUT2D eigenvalue weighted by atomic mass is 15.1. The van der Waals surface area contributed by atoms with E-state index in [0.29, 0.717) is 0 Å². The number of allylic oxidation sites excluding steroid dienone is 1. The molecule has 0 heterocycles. The van der Waals surface area contributed by atoms with Crippen molar-refractivity contribution < 1.29 is 0 Å². The van der Waals surface area contributed by atoms with Crippen LogP contribution in [0.3, 0.4) is 0 Å². The van der Waals surface area contributed by atoms with Crippen LogP contribution in [-0.2, 0) is 13.1 Å². The van der Waals surface area contributed by atoms with E-state index >= 15 is 0 Å². The summed E-state index contributed by atoms with van der Waals surface area (Å²) in [6.45, 7) is 8.40. The van der Waals surface area contributed by atoms with Crippen LogP contribution in [0, 0.1) is 0 Å². The first-order valence-electron chi connectivity index (χ1n) is 7.80. The van der Waals surface area contributed by atoms with Crippen LogP contribution in [0.5, 0.6) is 0 Å². The monoisotopic (exact) mass is 279 g/mol. The van der Waals surface area contributed by atoms with Crippen molar-refractivity contribution in [3.63, 3.8) is 0 Å². The fourth-order valence-electron chi connectivity index (χ4n) is 2.43. The van der Waals surface area contributed by atoms with E-state index in [-0.39, 0.29) is 0 Å². The molecule has 2 rings (SSSR count). The third-order valence-electron chi connectivity index (χ3n) is 3.70. The van der Waals surface area contributed by atoms with Crippen LogP contribution in [0.1, 0.15) is 37.3 Å². The van der Waals surface area contributed by atoms with Crippen molar-refractivity contribution in [2.75, 3.05) is 0 Å². The molecule has 2 aromatic carbocycles. The number of rotatable bonds is 8. The molecule has 0 bridgehead atoms. The zero-order chi connectivity index (χ0) is 14.9. The smallest absolute Gasteiger partial charge is 0.0430 e. The summed E-state index contributed by atoms with van der Waals surface area (Å²) in [5, 5.41) is 0. The van der Waals surface area contributed by atoms with Crippen LogP contribution in [0.15, 0.2) is 72.9 Å². The highest BCUT2D eigenvalue weighted by molar-refractivity contribution is 5.18. The first kappa shape index (κ1) is 15.4. The standard InChI is InChI=1S/C20H25N/c1-3-4-11-18(2)21(16-19-12-7-5-8-13-19)17-20-14-9-6-10-15-20/h5-10,12-15H,2-4,11,16-17H2,1H3. The minimum Gasteiger partial charge on any atom is -0.367 e. The van der Waals surface area contributed by atoms with Gasteiger partial charge in [0.15, 0.2) is 0 Å². The van der Waals surface area contributed by atoms with Crippen LogP contribution < -0.4 is 0 Å². The van der Waals surface area contributed by atoms with E-state index < -0.39 is 0 Å². The molecule has 0 unspecified atom stereocenters. The molecular weight excluding hydrogens is 254 g/mol. The quantitative estimate of drug-likeness (QED) is 0.626. The van der Waals surface area contributed by atoms with Gasteiger partial charge in [0.2, 0.25) is 0 Å². The molecule has 2 aromatic rings. The molecule has 0 N–H and O–H groups in total. The van der Waals surface area contributed by atoms with Crippen molar-refractivity contribution >= 4 is 0 Å². The van der Waals surface area contributed by atoms with E-state index in [1.54, 1.807) is 0 Å². The van der Waals surface area contributed by atoms with Crippen LogP contribution >= 0.6 is 0 Å². The van der Waals surface area contributed by atoms with Gasteiger partial charge in [0.1, 0.15) is 0 Å². The van der Waals surface area contributed by atoms with Crippen molar-refractivity contribution in [1.29, 1.82) is 0 Å². The van der Waals surface area contributed by atoms with Gasteiger partial charge in [-0.05, 0) is 24.0 Å². The summed E-state index contributed by atoms with van der Waals surface area (Å²) in [7, 11) is 0. The van der Waals surface area contributed by atoms with Gasteiger partial charge in [-0.3, -0.25) is 0 Å². The lowest BCUT2D eigenvalue weighted by atomic mass is 10.1. The molecule has 1 nitrogen and oxygen atoms in total. The van der Waals surface area contributed by atoms with E-state index in [2.05, 4.69) is 79.1 Å². The Hall–Kier alpha value is -2.02. The molecule has 0 saturated heterocycles. The van der Waals surface area contributed by atoms with E-state index in [1.807, 2.05) is 0 Å². The third kappa shape index (κ3) is 5.11. The molecule has 21 heavy (non-hydrogen) atoms. The Labute approximate surface area is 128 Å². The summed E-state index contributed by atoms with van der Waals surface area (Å²) in [5.74, 6) is 0. The number of unbranched alkanes of at least 4 members (excludes halogenated alkanes) is 1. The molecule has 0 aliphatic rings. The number of benzene rings is 2.